The summed E-state index contributed by atoms with van der Waals surface area (Å²) in [7, 11) is 1.60. The maximum absolute atomic E-state index is 13.1. The molecule has 0 spiro atoms. The third-order valence-corrected chi connectivity index (χ3v) is 6.46. The second-order valence-electron chi connectivity index (χ2n) is 8.69. The Morgan fingerprint density at radius 1 is 1.19 bits per heavy atom. The van der Waals surface area contributed by atoms with Crippen molar-refractivity contribution in [1.82, 2.24) is 4.90 Å². The first-order chi connectivity index (χ1) is 15.2. The number of methoxy groups -OCH3 is 1. The van der Waals surface area contributed by atoms with Crippen molar-refractivity contribution < 1.29 is 23.8 Å². The molecule has 3 heterocycles. The summed E-state index contributed by atoms with van der Waals surface area (Å²) in [5.41, 5.74) is 1.18. The normalized spacial score (nSPS) is 18.4. The second-order valence-corrected chi connectivity index (χ2v) is 9.67. The molecule has 1 N–H and O–H groups in total. The number of nitrogens with zero attached hydrogens (tertiary/aromatic N) is 1. The average molecular weight is 452 g/mol. The van der Waals surface area contributed by atoms with Gasteiger partial charge in [0.1, 0.15) is 23.3 Å². The van der Waals surface area contributed by atoms with Crippen molar-refractivity contribution >= 4 is 28.8 Å². The molecular weight excluding hydrogens is 426 g/mol. The molecule has 1 aliphatic rings. The zero-order valence-corrected chi connectivity index (χ0v) is 19.2. The lowest BCUT2D eigenvalue weighted by Gasteiger charge is -2.24. The van der Waals surface area contributed by atoms with Gasteiger partial charge in [0.2, 0.25) is 0 Å². The number of rotatable bonds is 5. The van der Waals surface area contributed by atoms with Gasteiger partial charge in [-0.25, -0.2) is 0 Å². The fraction of sp³-hybridized carbons (Fsp3) is 0.280. The minimum Gasteiger partial charge on any atom is -0.507 e. The standard InChI is InChI=1S/C25H25NO5S/c1-25(2,3)17-13-15(9-10-18(17)30-4)22(27)20-21(19-8-6-12-32-19)26(24(29)23(20)28)14-16-7-5-11-31-16/h5-13,21,27H,14H2,1-4H3/b22-20-. The van der Waals surface area contributed by atoms with Gasteiger partial charge >= 0.3 is 0 Å². The van der Waals surface area contributed by atoms with E-state index in [1.807, 2.05) is 44.4 Å². The van der Waals surface area contributed by atoms with Crippen LogP contribution in [0.5, 0.6) is 5.75 Å². The van der Waals surface area contributed by atoms with Crippen molar-refractivity contribution in [3.63, 3.8) is 0 Å². The predicted molar refractivity (Wildman–Crippen MR) is 123 cm³/mol. The number of benzene rings is 1. The molecule has 0 bridgehead atoms. The van der Waals surface area contributed by atoms with Crippen LogP contribution in [0.15, 0.2) is 64.1 Å². The lowest BCUT2D eigenvalue weighted by Crippen LogP contribution is -2.28. The highest BCUT2D eigenvalue weighted by Gasteiger charge is 2.46. The van der Waals surface area contributed by atoms with Crippen LogP contribution in [0.3, 0.4) is 0 Å². The number of aliphatic hydroxyl groups is 1. The van der Waals surface area contributed by atoms with E-state index >= 15 is 0 Å². The molecule has 7 heteroatoms. The molecule has 4 rings (SSSR count). The molecule has 166 valence electrons. The number of Topliss-reactive ketones (excluding diaryl/α,β-unsaturated/α-hetero) is 1. The Hall–Kier alpha value is -3.32. The Balaban J connectivity index is 1.86. The molecule has 0 radical (unpaired) electrons. The van der Waals surface area contributed by atoms with Gasteiger partial charge in [-0.05, 0) is 47.2 Å². The molecule has 2 aromatic heterocycles. The lowest BCUT2D eigenvalue weighted by atomic mass is 9.84. The molecule has 0 aliphatic carbocycles. The summed E-state index contributed by atoms with van der Waals surface area (Å²) in [6, 6.07) is 11.8. The van der Waals surface area contributed by atoms with E-state index in [0.717, 1.165) is 10.4 Å². The van der Waals surface area contributed by atoms with Crippen LogP contribution in [0, 0.1) is 0 Å². The van der Waals surface area contributed by atoms with Gasteiger partial charge in [0, 0.05) is 16.0 Å². The van der Waals surface area contributed by atoms with Crippen molar-refractivity contribution in [2.24, 2.45) is 0 Å². The van der Waals surface area contributed by atoms with Crippen LogP contribution in [0.1, 0.15) is 48.6 Å². The second kappa shape index (κ2) is 8.31. The topological polar surface area (TPSA) is 80.0 Å². The molecule has 32 heavy (non-hydrogen) atoms. The van der Waals surface area contributed by atoms with Crippen molar-refractivity contribution in [2.75, 3.05) is 7.11 Å². The highest BCUT2D eigenvalue weighted by atomic mass is 32.1. The third-order valence-electron chi connectivity index (χ3n) is 5.54. The first-order valence-electron chi connectivity index (χ1n) is 10.3. The van der Waals surface area contributed by atoms with E-state index in [2.05, 4.69) is 0 Å². The molecule has 6 nitrogen and oxygen atoms in total. The van der Waals surface area contributed by atoms with Crippen molar-refractivity contribution in [2.45, 2.75) is 38.8 Å². The minimum atomic E-state index is -0.708. The number of ketones is 1. The number of likely N-dealkylation sites (tertiary alicyclic amines) is 1. The zero-order chi connectivity index (χ0) is 23.0. The van der Waals surface area contributed by atoms with Gasteiger partial charge in [-0.15, -0.1) is 11.3 Å². The Labute approximate surface area is 190 Å². The van der Waals surface area contributed by atoms with Crippen LogP contribution >= 0.6 is 11.3 Å². The summed E-state index contributed by atoms with van der Waals surface area (Å²) >= 11 is 1.43. The van der Waals surface area contributed by atoms with E-state index in [1.54, 1.807) is 31.4 Å². The number of hydrogen-bond donors (Lipinski definition) is 1. The molecule has 1 aromatic carbocycles. The number of carbonyl (C=O) groups excluding carboxylic acids is 2. The van der Waals surface area contributed by atoms with Crippen LogP contribution in [-0.4, -0.2) is 28.8 Å². The number of thiophene rings is 1. The maximum atomic E-state index is 13.1. The summed E-state index contributed by atoms with van der Waals surface area (Å²) in [5.74, 6) is -0.307. The molecule has 1 aliphatic heterocycles. The van der Waals surface area contributed by atoms with Gasteiger partial charge in [-0.2, -0.15) is 0 Å². The molecule has 0 saturated carbocycles. The molecule has 1 saturated heterocycles. The summed E-state index contributed by atoms with van der Waals surface area (Å²) in [4.78, 5) is 28.3. The third kappa shape index (κ3) is 3.84. The van der Waals surface area contributed by atoms with Gasteiger partial charge in [0.25, 0.3) is 11.7 Å². The van der Waals surface area contributed by atoms with Crippen molar-refractivity contribution in [1.29, 1.82) is 0 Å². The van der Waals surface area contributed by atoms with E-state index in [1.165, 1.54) is 22.5 Å². The van der Waals surface area contributed by atoms with Crippen molar-refractivity contribution in [3.05, 3.63) is 81.4 Å². The Morgan fingerprint density at radius 3 is 2.56 bits per heavy atom. The SMILES string of the molecule is COc1ccc(/C(O)=C2/C(=O)C(=O)N(Cc3ccco3)C2c2cccs2)cc1C(C)(C)C. The molecular formula is C25H25NO5S. The summed E-state index contributed by atoms with van der Waals surface area (Å²) in [5, 5.41) is 13.2. The van der Waals surface area contributed by atoms with Gasteiger partial charge in [0.15, 0.2) is 0 Å². The summed E-state index contributed by atoms with van der Waals surface area (Å²) in [6.45, 7) is 6.26. The van der Waals surface area contributed by atoms with Gasteiger partial charge in [0.05, 0.1) is 25.5 Å². The Kier molecular flexibility index (Phi) is 5.69. The van der Waals surface area contributed by atoms with E-state index in [4.69, 9.17) is 9.15 Å². The van der Waals surface area contributed by atoms with Crippen LogP contribution in [0.4, 0.5) is 0 Å². The van der Waals surface area contributed by atoms with Crippen LogP contribution < -0.4 is 4.74 Å². The first-order valence-corrected chi connectivity index (χ1v) is 11.1. The van der Waals surface area contributed by atoms with Crippen molar-refractivity contribution in [3.8, 4) is 5.75 Å². The summed E-state index contributed by atoms with van der Waals surface area (Å²) < 4.78 is 10.9. The van der Waals surface area contributed by atoms with Gasteiger partial charge in [-0.3, -0.25) is 9.59 Å². The average Bonchev–Trinajstić information content (AvgIpc) is 3.51. The minimum absolute atomic E-state index is 0.0778. The Morgan fingerprint density at radius 2 is 1.97 bits per heavy atom. The van der Waals surface area contributed by atoms with Crippen LogP contribution in [0.25, 0.3) is 5.76 Å². The largest absolute Gasteiger partial charge is 0.507 e. The number of hydrogen-bond acceptors (Lipinski definition) is 6. The molecule has 1 amide bonds. The van der Waals surface area contributed by atoms with E-state index in [0.29, 0.717) is 17.1 Å². The molecule has 1 unspecified atom stereocenters. The van der Waals surface area contributed by atoms with Gasteiger partial charge < -0.3 is 19.2 Å². The predicted octanol–water partition coefficient (Wildman–Crippen LogP) is 5.27. The number of ether oxygens (including phenoxy) is 1. The molecule has 3 aromatic rings. The smallest absolute Gasteiger partial charge is 0.296 e. The van der Waals surface area contributed by atoms with Gasteiger partial charge in [-0.1, -0.05) is 26.8 Å². The fourth-order valence-electron chi connectivity index (χ4n) is 3.95. The number of carbonyl (C=O) groups is 2. The highest BCUT2D eigenvalue weighted by molar-refractivity contribution is 7.10. The highest BCUT2D eigenvalue weighted by Crippen LogP contribution is 2.43. The zero-order valence-electron chi connectivity index (χ0n) is 18.4. The van der Waals surface area contributed by atoms with E-state index < -0.39 is 17.7 Å². The fourth-order valence-corrected chi connectivity index (χ4v) is 4.80. The monoisotopic (exact) mass is 451 g/mol. The first kappa shape index (κ1) is 21.9. The summed E-state index contributed by atoms with van der Waals surface area (Å²) in [6.07, 6.45) is 1.53. The maximum Gasteiger partial charge on any atom is 0.296 e. The molecule has 1 atom stereocenters. The number of amides is 1. The molecule has 1 fully saturated rings. The van der Waals surface area contributed by atoms with Crippen LogP contribution in [0.2, 0.25) is 0 Å². The number of aliphatic hydroxyl groups excluding tert-OH is 1. The quantitative estimate of drug-likeness (QED) is 0.325. The lowest BCUT2D eigenvalue weighted by molar-refractivity contribution is -0.140. The Bertz CT molecular complexity index is 1170. The van der Waals surface area contributed by atoms with E-state index in [9.17, 15) is 14.7 Å². The van der Waals surface area contributed by atoms with Crippen LogP contribution in [-0.2, 0) is 21.5 Å². The number of furan rings is 1. The van der Waals surface area contributed by atoms with E-state index in [-0.39, 0.29) is 23.3 Å².